The Hall–Kier alpha value is -2.23. The van der Waals surface area contributed by atoms with Crippen LogP contribution >= 0.6 is 0 Å². The van der Waals surface area contributed by atoms with E-state index in [9.17, 15) is 0 Å². The van der Waals surface area contributed by atoms with E-state index in [0.717, 1.165) is 39.3 Å². The molecule has 24 heavy (non-hydrogen) atoms. The van der Waals surface area contributed by atoms with Gasteiger partial charge in [0.05, 0.1) is 0 Å². The van der Waals surface area contributed by atoms with Crippen molar-refractivity contribution in [3.63, 3.8) is 0 Å². The van der Waals surface area contributed by atoms with Crippen LogP contribution in [0.15, 0.2) is 67.0 Å². The average Bonchev–Trinajstić information content (AvgIpc) is 2.65. The minimum atomic E-state index is 1.03. The molecule has 2 heterocycles. The molecule has 3 heteroatoms. The van der Waals surface area contributed by atoms with E-state index in [1.165, 1.54) is 21.9 Å². The summed E-state index contributed by atoms with van der Waals surface area (Å²) in [5.74, 6) is 0. The van der Waals surface area contributed by atoms with Crippen molar-refractivity contribution in [1.29, 1.82) is 0 Å². The minimum Gasteiger partial charge on any atom is -0.297 e. The monoisotopic (exact) mass is 317 g/mol. The summed E-state index contributed by atoms with van der Waals surface area (Å²) in [4.78, 5) is 9.21. The Labute approximate surface area is 143 Å². The van der Waals surface area contributed by atoms with Gasteiger partial charge in [0.2, 0.25) is 0 Å². The first-order chi connectivity index (χ1) is 11.9. The van der Waals surface area contributed by atoms with E-state index >= 15 is 0 Å². The van der Waals surface area contributed by atoms with Gasteiger partial charge in [-0.25, -0.2) is 0 Å². The molecule has 0 bridgehead atoms. The van der Waals surface area contributed by atoms with Crippen molar-refractivity contribution in [3.8, 4) is 0 Å². The third kappa shape index (κ3) is 3.48. The smallest absolute Gasteiger partial charge is 0.0271 e. The molecule has 0 atom stereocenters. The Morgan fingerprint density at radius 1 is 0.708 bits per heavy atom. The summed E-state index contributed by atoms with van der Waals surface area (Å²) in [6.07, 6.45) is 3.76. The number of hydrogen-bond donors (Lipinski definition) is 0. The molecule has 0 spiro atoms. The van der Waals surface area contributed by atoms with Crippen LogP contribution in [0, 0.1) is 0 Å². The molecular formula is C21H23N3. The van der Waals surface area contributed by atoms with Crippen molar-refractivity contribution in [2.24, 2.45) is 0 Å². The summed E-state index contributed by atoms with van der Waals surface area (Å²) < 4.78 is 0. The first-order valence-electron chi connectivity index (χ1n) is 8.69. The molecule has 1 fully saturated rings. The van der Waals surface area contributed by atoms with Crippen molar-refractivity contribution in [2.45, 2.75) is 13.1 Å². The fraction of sp³-hybridized carbons (Fsp3) is 0.286. The topological polar surface area (TPSA) is 19.4 Å². The van der Waals surface area contributed by atoms with E-state index in [0.29, 0.717) is 0 Å². The molecule has 0 saturated carbocycles. The second-order valence-corrected chi connectivity index (χ2v) is 6.55. The van der Waals surface area contributed by atoms with Gasteiger partial charge in [-0.15, -0.1) is 0 Å². The van der Waals surface area contributed by atoms with Gasteiger partial charge >= 0.3 is 0 Å². The van der Waals surface area contributed by atoms with Crippen LogP contribution in [0.3, 0.4) is 0 Å². The van der Waals surface area contributed by atoms with Crippen LogP contribution < -0.4 is 0 Å². The van der Waals surface area contributed by atoms with Gasteiger partial charge in [-0.2, -0.15) is 0 Å². The van der Waals surface area contributed by atoms with Crippen LogP contribution in [0.1, 0.15) is 11.1 Å². The zero-order chi connectivity index (χ0) is 16.2. The van der Waals surface area contributed by atoms with Crippen molar-refractivity contribution in [3.05, 3.63) is 78.1 Å². The summed E-state index contributed by atoms with van der Waals surface area (Å²) in [7, 11) is 0. The average molecular weight is 317 g/mol. The molecule has 122 valence electrons. The molecule has 1 saturated heterocycles. The van der Waals surface area contributed by atoms with E-state index in [1.807, 2.05) is 12.4 Å². The fourth-order valence-corrected chi connectivity index (χ4v) is 3.52. The highest BCUT2D eigenvalue weighted by Gasteiger charge is 2.17. The third-order valence-electron chi connectivity index (χ3n) is 4.89. The highest BCUT2D eigenvalue weighted by molar-refractivity contribution is 5.85. The molecule has 1 aliphatic heterocycles. The summed E-state index contributed by atoms with van der Waals surface area (Å²) in [5, 5.41) is 2.73. The summed E-state index contributed by atoms with van der Waals surface area (Å²) in [6.45, 7) is 6.61. The number of pyridine rings is 1. The number of rotatable bonds is 4. The Morgan fingerprint density at radius 2 is 1.38 bits per heavy atom. The highest BCUT2D eigenvalue weighted by Crippen LogP contribution is 2.20. The second-order valence-electron chi connectivity index (χ2n) is 6.55. The minimum absolute atomic E-state index is 1.03. The van der Waals surface area contributed by atoms with Gasteiger partial charge < -0.3 is 0 Å². The van der Waals surface area contributed by atoms with Crippen molar-refractivity contribution in [2.75, 3.05) is 26.2 Å². The molecular weight excluding hydrogens is 294 g/mol. The first kappa shape index (κ1) is 15.3. The van der Waals surface area contributed by atoms with Gasteiger partial charge in [-0.3, -0.25) is 14.8 Å². The maximum Gasteiger partial charge on any atom is 0.0271 e. The summed E-state index contributed by atoms with van der Waals surface area (Å²) in [5.41, 5.74) is 2.79. The van der Waals surface area contributed by atoms with Crippen LogP contribution in [0.2, 0.25) is 0 Å². The molecule has 3 aromatic rings. The number of piperazine rings is 1. The second kappa shape index (κ2) is 7.12. The van der Waals surface area contributed by atoms with Gasteiger partial charge in [0.1, 0.15) is 0 Å². The summed E-state index contributed by atoms with van der Waals surface area (Å²) in [6, 6.07) is 19.6. The lowest BCUT2D eigenvalue weighted by molar-refractivity contribution is 0.122. The number of fused-ring (bicyclic) bond motifs is 1. The van der Waals surface area contributed by atoms with Gasteiger partial charge in [-0.05, 0) is 34.0 Å². The fourth-order valence-electron chi connectivity index (χ4n) is 3.52. The standard InChI is InChI=1S/C21H23N3/c1-2-7-21-19(4-1)5-3-6-20(21)17-24-14-12-23(13-15-24)16-18-8-10-22-11-9-18/h1-11H,12-17H2. The summed E-state index contributed by atoms with van der Waals surface area (Å²) >= 11 is 0. The van der Waals surface area contributed by atoms with E-state index < -0.39 is 0 Å². The third-order valence-corrected chi connectivity index (χ3v) is 4.89. The zero-order valence-corrected chi connectivity index (χ0v) is 13.9. The van der Waals surface area contributed by atoms with Crippen molar-refractivity contribution < 1.29 is 0 Å². The molecule has 2 aromatic carbocycles. The zero-order valence-electron chi connectivity index (χ0n) is 13.9. The van der Waals surface area contributed by atoms with Crippen LogP contribution in [0.4, 0.5) is 0 Å². The van der Waals surface area contributed by atoms with Crippen LogP contribution in [-0.4, -0.2) is 41.0 Å². The molecule has 4 rings (SSSR count). The molecule has 1 aliphatic rings. The van der Waals surface area contributed by atoms with E-state index in [-0.39, 0.29) is 0 Å². The van der Waals surface area contributed by atoms with E-state index in [4.69, 9.17) is 0 Å². The Morgan fingerprint density at radius 3 is 2.17 bits per heavy atom. The lowest BCUT2D eigenvalue weighted by atomic mass is 10.0. The Balaban J connectivity index is 1.38. The quantitative estimate of drug-likeness (QED) is 0.733. The maximum atomic E-state index is 4.10. The number of hydrogen-bond acceptors (Lipinski definition) is 3. The molecule has 1 aromatic heterocycles. The van der Waals surface area contributed by atoms with Gasteiger partial charge in [0.25, 0.3) is 0 Å². The molecule has 0 aliphatic carbocycles. The molecule has 0 amide bonds. The highest BCUT2D eigenvalue weighted by atomic mass is 15.3. The van der Waals surface area contributed by atoms with Crippen molar-refractivity contribution in [1.82, 2.24) is 14.8 Å². The maximum absolute atomic E-state index is 4.10. The van der Waals surface area contributed by atoms with Crippen LogP contribution in [0.5, 0.6) is 0 Å². The normalized spacial score (nSPS) is 16.5. The first-order valence-corrected chi connectivity index (χ1v) is 8.69. The van der Waals surface area contributed by atoms with E-state index in [2.05, 4.69) is 69.4 Å². The molecule has 0 radical (unpaired) electrons. The van der Waals surface area contributed by atoms with Crippen LogP contribution in [0.25, 0.3) is 10.8 Å². The SMILES string of the molecule is c1ccc2c(CN3CCN(Cc4ccncc4)CC3)cccc2c1. The number of aromatic nitrogens is 1. The largest absolute Gasteiger partial charge is 0.297 e. The molecule has 0 N–H and O–H groups in total. The van der Waals surface area contributed by atoms with E-state index in [1.54, 1.807) is 0 Å². The number of nitrogens with zero attached hydrogens (tertiary/aromatic N) is 3. The predicted molar refractivity (Wildman–Crippen MR) is 98.7 cm³/mol. The van der Waals surface area contributed by atoms with Crippen LogP contribution in [-0.2, 0) is 13.1 Å². The Bertz CT molecular complexity index is 787. The Kier molecular flexibility index (Phi) is 4.54. The van der Waals surface area contributed by atoms with Crippen molar-refractivity contribution >= 4 is 10.8 Å². The molecule has 3 nitrogen and oxygen atoms in total. The number of benzene rings is 2. The predicted octanol–water partition coefficient (Wildman–Crippen LogP) is 3.55. The van der Waals surface area contributed by atoms with Gasteiger partial charge in [0.15, 0.2) is 0 Å². The molecule has 0 unspecified atom stereocenters. The van der Waals surface area contributed by atoms with Gasteiger partial charge in [0, 0.05) is 51.7 Å². The lowest BCUT2D eigenvalue weighted by Crippen LogP contribution is -2.45. The van der Waals surface area contributed by atoms with Gasteiger partial charge in [-0.1, -0.05) is 42.5 Å². The lowest BCUT2D eigenvalue weighted by Gasteiger charge is -2.35.